The van der Waals surface area contributed by atoms with E-state index in [0.717, 1.165) is 42.6 Å². The van der Waals surface area contributed by atoms with E-state index in [1.807, 2.05) is 57.2 Å². The van der Waals surface area contributed by atoms with Crippen LogP contribution in [-0.4, -0.2) is 60.8 Å². The Labute approximate surface area is 252 Å². The summed E-state index contributed by atoms with van der Waals surface area (Å²) in [6.45, 7) is 9.31. The van der Waals surface area contributed by atoms with Gasteiger partial charge in [0.05, 0.1) is 20.3 Å². The van der Waals surface area contributed by atoms with Crippen molar-refractivity contribution in [3.63, 3.8) is 0 Å². The number of carbonyl (C=O) groups is 2. The summed E-state index contributed by atoms with van der Waals surface area (Å²) in [5.74, 6) is 2.54. The molecule has 3 rings (SSSR count). The van der Waals surface area contributed by atoms with E-state index >= 15 is 0 Å². The number of nitrogens with zero attached hydrogens (tertiary/aromatic N) is 2. The van der Waals surface area contributed by atoms with Crippen LogP contribution in [0, 0.1) is 0 Å². The smallest absolute Gasteiger partial charge is 0.338 e. The Morgan fingerprint density at radius 1 is 1.07 bits per heavy atom. The fourth-order valence-electron chi connectivity index (χ4n) is 4.00. The summed E-state index contributed by atoms with van der Waals surface area (Å²) in [5.41, 5.74) is 12.4. The summed E-state index contributed by atoms with van der Waals surface area (Å²) in [4.78, 5) is 33.5. The van der Waals surface area contributed by atoms with Gasteiger partial charge in [-0.1, -0.05) is 19.8 Å². The molecule has 0 bridgehead atoms. The number of nitrogens with two attached hydrogens (primary N) is 2. The number of rotatable bonds is 13. The normalized spacial score (nSPS) is 10.6. The van der Waals surface area contributed by atoms with Crippen molar-refractivity contribution in [3.8, 4) is 22.6 Å². The third-order valence-corrected chi connectivity index (χ3v) is 5.86. The van der Waals surface area contributed by atoms with Gasteiger partial charge in [-0.2, -0.15) is 0 Å². The average molecular weight is 597 g/mol. The number of benzene rings is 1. The van der Waals surface area contributed by atoms with Crippen LogP contribution >= 0.6 is 0 Å². The van der Waals surface area contributed by atoms with Gasteiger partial charge in [0.15, 0.2) is 5.65 Å². The van der Waals surface area contributed by atoms with E-state index in [1.54, 1.807) is 7.11 Å². The third-order valence-electron chi connectivity index (χ3n) is 5.86. The highest BCUT2D eigenvalue weighted by Crippen LogP contribution is 2.38. The summed E-state index contributed by atoms with van der Waals surface area (Å²) < 4.78 is 11.6. The number of unbranched alkanes of at least 4 members (excludes halogenated alkanes) is 2. The predicted octanol–water partition coefficient (Wildman–Crippen LogP) is 1.32. The number of carboxylic acid groups (broad SMARTS) is 1. The number of nitrogens with one attached hydrogen (secondary N) is 4. The fraction of sp³-hybridized carbons (Fsp3) is 0.433. The molecule has 0 unspecified atom stereocenters. The van der Waals surface area contributed by atoms with Gasteiger partial charge in [0.1, 0.15) is 23.1 Å². The van der Waals surface area contributed by atoms with Gasteiger partial charge in [-0.25, -0.2) is 14.8 Å². The lowest BCUT2D eigenvalue weighted by Gasteiger charge is -2.22. The van der Waals surface area contributed by atoms with E-state index in [2.05, 4.69) is 27.9 Å². The Hall–Kier alpha value is -4.81. The monoisotopic (exact) mass is 596 g/mol. The predicted molar refractivity (Wildman–Crippen MR) is 167 cm³/mol. The summed E-state index contributed by atoms with van der Waals surface area (Å²) in [6.07, 6.45) is 4.08. The molecule has 0 aliphatic heterocycles. The molecule has 3 aromatic rings. The van der Waals surface area contributed by atoms with Gasteiger partial charge in [-0.3, -0.25) is 21.8 Å². The van der Waals surface area contributed by atoms with Crippen LogP contribution in [0.15, 0.2) is 36.4 Å². The van der Waals surface area contributed by atoms with Crippen LogP contribution < -0.4 is 47.0 Å². The summed E-state index contributed by atoms with van der Waals surface area (Å²) in [5, 5.41) is 18.3. The lowest BCUT2D eigenvalue weighted by atomic mass is 10.0. The molecule has 13 nitrogen and oxygen atoms in total. The molecule has 2 aromatic heterocycles. The first kappa shape index (κ1) is 34.4. The van der Waals surface area contributed by atoms with E-state index in [1.165, 1.54) is 0 Å². The molecule has 0 saturated heterocycles. The maximum atomic E-state index is 12.9. The number of fused-ring (bicyclic) bond motifs is 1. The Morgan fingerprint density at radius 3 is 2.47 bits per heavy atom. The molecule has 0 saturated carbocycles. The number of ether oxygens (including phenoxy) is 2. The zero-order chi connectivity index (χ0) is 31.8. The molecule has 1 aromatic carbocycles. The Morgan fingerprint density at radius 2 is 1.81 bits per heavy atom. The van der Waals surface area contributed by atoms with Crippen molar-refractivity contribution in [2.24, 2.45) is 11.5 Å². The third kappa shape index (κ3) is 11.9. The fourth-order valence-corrected chi connectivity index (χ4v) is 4.00. The molecule has 0 atom stereocenters. The van der Waals surface area contributed by atoms with Gasteiger partial charge in [0.2, 0.25) is 0 Å². The van der Waals surface area contributed by atoms with Crippen LogP contribution in [0.1, 0.15) is 53.4 Å². The van der Waals surface area contributed by atoms with Crippen molar-refractivity contribution < 1.29 is 29.2 Å². The molecule has 0 aliphatic rings. The summed E-state index contributed by atoms with van der Waals surface area (Å²) >= 11 is 0. The largest absolute Gasteiger partial charge is 0.554 e. The highest BCUT2D eigenvalue weighted by molar-refractivity contribution is 5.97. The van der Waals surface area contributed by atoms with Gasteiger partial charge < -0.3 is 30.0 Å². The highest BCUT2D eigenvalue weighted by Gasteiger charge is 2.20. The van der Waals surface area contributed by atoms with Crippen molar-refractivity contribution >= 4 is 41.1 Å². The number of methoxy groups -OCH3 is 1. The number of hydrogen-bond acceptors (Lipinski definition) is 8. The topological polar surface area (TPSA) is 204 Å². The van der Waals surface area contributed by atoms with Crippen LogP contribution in [-0.2, 0) is 4.79 Å². The molecule has 0 spiro atoms. The Bertz CT molecular complexity index is 1370. The van der Waals surface area contributed by atoms with Crippen LogP contribution in [0.3, 0.4) is 0 Å². The molecule has 43 heavy (non-hydrogen) atoms. The maximum absolute atomic E-state index is 12.9. The maximum Gasteiger partial charge on any atom is 0.338 e. The molecule has 0 fully saturated rings. The van der Waals surface area contributed by atoms with Crippen molar-refractivity contribution in [2.75, 3.05) is 37.4 Å². The van der Waals surface area contributed by atoms with E-state index in [-0.39, 0.29) is 12.0 Å². The first-order valence-electron chi connectivity index (χ1n) is 14.1. The summed E-state index contributed by atoms with van der Waals surface area (Å²) in [7, 11) is 1.60. The minimum atomic E-state index is -0.500. The minimum absolute atomic E-state index is 0.181. The SMILES string of the molecule is CCCCCNc1ccc2cc(-c3cc(OCCC[NH+]=C(N)N)ccc3OC)c(NC(=O)NC(C)(C)C)nc2n1.O=C[O-]. The number of guanidine groups is 1. The number of aromatic nitrogens is 2. The van der Waals surface area contributed by atoms with Crippen molar-refractivity contribution in [1.29, 1.82) is 0 Å². The number of carbonyl (C=O) groups excluding carboxylic acids is 2. The first-order valence-corrected chi connectivity index (χ1v) is 14.1. The molecule has 0 aliphatic carbocycles. The molecule has 8 N–H and O–H groups in total. The Balaban J connectivity index is 0.00000206. The molecule has 2 amide bonds. The number of anilines is 2. The van der Waals surface area contributed by atoms with E-state index in [4.69, 9.17) is 40.8 Å². The summed E-state index contributed by atoms with van der Waals surface area (Å²) in [6, 6.07) is 11.0. The van der Waals surface area contributed by atoms with Gasteiger partial charge in [0, 0.05) is 41.5 Å². The first-order chi connectivity index (χ1) is 20.5. The lowest BCUT2D eigenvalue weighted by molar-refractivity contribution is -0.460. The van der Waals surface area contributed by atoms with Crippen molar-refractivity contribution in [3.05, 3.63) is 36.4 Å². The second-order valence-electron chi connectivity index (χ2n) is 10.6. The number of pyridine rings is 2. The molecule has 0 radical (unpaired) electrons. The van der Waals surface area contributed by atoms with Gasteiger partial charge in [-0.15, -0.1) is 0 Å². The zero-order valence-corrected chi connectivity index (χ0v) is 25.6. The number of hydrogen-bond donors (Lipinski definition) is 6. The van der Waals surface area contributed by atoms with Crippen molar-refractivity contribution in [1.82, 2.24) is 15.3 Å². The number of amides is 2. The van der Waals surface area contributed by atoms with Crippen LogP contribution in [0.4, 0.5) is 16.4 Å². The highest BCUT2D eigenvalue weighted by atomic mass is 16.5. The molecule has 13 heteroatoms. The molecule has 2 heterocycles. The quantitative estimate of drug-likeness (QED) is 0.0722. The minimum Gasteiger partial charge on any atom is -0.554 e. The Kier molecular flexibility index (Phi) is 13.8. The van der Waals surface area contributed by atoms with Crippen LogP contribution in [0.2, 0.25) is 0 Å². The molecular formula is C30H44N8O5. The lowest BCUT2D eigenvalue weighted by Crippen LogP contribution is -2.78. The van der Waals surface area contributed by atoms with Crippen LogP contribution in [0.5, 0.6) is 11.5 Å². The van der Waals surface area contributed by atoms with E-state index in [0.29, 0.717) is 48.1 Å². The number of urea groups is 1. The van der Waals surface area contributed by atoms with E-state index < -0.39 is 12.0 Å². The van der Waals surface area contributed by atoms with Crippen molar-refractivity contribution in [2.45, 2.75) is 58.9 Å². The van der Waals surface area contributed by atoms with Gasteiger partial charge in [-0.05, 0) is 63.6 Å². The molecule has 234 valence electrons. The van der Waals surface area contributed by atoms with E-state index in [9.17, 15) is 4.79 Å². The molecular weight excluding hydrogens is 552 g/mol. The van der Waals surface area contributed by atoms with Gasteiger partial charge in [0.25, 0.3) is 0 Å². The standard InChI is InChI=1S/C29H42N8O3.CH2O2/c1-6-7-8-14-32-24-13-10-19-17-22(26(35-25(19)34-24)36-28(38)37-29(2,3)4)21-18-20(11-12-23(21)39-5)40-16-9-15-33-27(30)31;2-1-3/h10-13,17-18H,6-9,14-16H2,1-5H3,(H4,30,31,33)(H3,32,34,35,36,37,38);1H,(H,2,3). The zero-order valence-electron chi connectivity index (χ0n) is 25.6. The van der Waals surface area contributed by atoms with Gasteiger partial charge >= 0.3 is 12.0 Å². The average Bonchev–Trinajstić information content (AvgIpc) is 2.94. The second-order valence-corrected chi connectivity index (χ2v) is 10.6. The van der Waals surface area contributed by atoms with Crippen LogP contribution in [0.25, 0.3) is 22.2 Å². The second kappa shape index (κ2) is 17.2.